The smallest absolute Gasteiger partial charge is 0.418 e. The van der Waals surface area contributed by atoms with E-state index in [4.69, 9.17) is 10.5 Å². The Morgan fingerprint density at radius 3 is 2.40 bits per heavy atom. The van der Waals surface area contributed by atoms with Crippen LogP contribution in [0.1, 0.15) is 5.56 Å². The van der Waals surface area contributed by atoms with Gasteiger partial charge in [0.25, 0.3) is 0 Å². The predicted octanol–water partition coefficient (Wildman–Crippen LogP) is 4.04. The molecule has 0 aromatic heterocycles. The van der Waals surface area contributed by atoms with Crippen LogP contribution in [0.5, 0.6) is 5.75 Å². The van der Waals surface area contributed by atoms with Crippen molar-refractivity contribution < 1.29 is 17.9 Å². The van der Waals surface area contributed by atoms with Crippen molar-refractivity contribution in [1.29, 1.82) is 0 Å². The summed E-state index contributed by atoms with van der Waals surface area (Å²) >= 11 is 0. The summed E-state index contributed by atoms with van der Waals surface area (Å²) in [6.07, 6.45) is -4.49. The van der Waals surface area contributed by atoms with E-state index in [2.05, 4.69) is 5.32 Å². The number of alkyl halides is 3. The van der Waals surface area contributed by atoms with E-state index in [1.165, 1.54) is 19.2 Å². The molecule has 0 fully saturated rings. The van der Waals surface area contributed by atoms with Gasteiger partial charge >= 0.3 is 6.18 Å². The minimum Gasteiger partial charge on any atom is -0.495 e. The molecule has 106 valence electrons. The highest BCUT2D eigenvalue weighted by Crippen LogP contribution is 2.38. The van der Waals surface area contributed by atoms with Gasteiger partial charge in [-0.2, -0.15) is 13.2 Å². The van der Waals surface area contributed by atoms with Gasteiger partial charge in [0.05, 0.1) is 24.0 Å². The number of hydrogen-bond acceptors (Lipinski definition) is 3. The molecule has 0 saturated carbocycles. The van der Waals surface area contributed by atoms with E-state index in [0.29, 0.717) is 11.4 Å². The number of halogens is 3. The molecule has 0 amide bonds. The molecule has 0 heterocycles. The molecule has 0 radical (unpaired) electrons. The highest BCUT2D eigenvalue weighted by atomic mass is 19.4. The number of hydrogen-bond donors (Lipinski definition) is 2. The number of nitrogen functional groups attached to an aromatic ring is 1. The molecule has 0 aliphatic rings. The molecular weight excluding hydrogens is 269 g/mol. The number of anilines is 3. The normalized spacial score (nSPS) is 11.2. The third-order valence-corrected chi connectivity index (χ3v) is 2.73. The topological polar surface area (TPSA) is 47.3 Å². The monoisotopic (exact) mass is 282 g/mol. The molecular formula is C14H13F3N2O. The van der Waals surface area contributed by atoms with Gasteiger partial charge in [0.15, 0.2) is 0 Å². The lowest BCUT2D eigenvalue weighted by Crippen LogP contribution is -2.09. The second-order valence-corrected chi connectivity index (χ2v) is 4.13. The first-order chi connectivity index (χ1) is 9.41. The molecule has 0 aliphatic heterocycles. The number of rotatable bonds is 3. The van der Waals surface area contributed by atoms with E-state index in [1.807, 2.05) is 0 Å². The molecule has 2 rings (SSSR count). The van der Waals surface area contributed by atoms with Crippen molar-refractivity contribution in [2.24, 2.45) is 0 Å². The van der Waals surface area contributed by atoms with Crippen molar-refractivity contribution in [3.05, 3.63) is 48.0 Å². The molecule has 0 aliphatic carbocycles. The summed E-state index contributed by atoms with van der Waals surface area (Å²) in [4.78, 5) is 0. The number of para-hydroxylation sites is 2. The van der Waals surface area contributed by atoms with Crippen LogP contribution in [-0.2, 0) is 6.18 Å². The third kappa shape index (κ3) is 2.96. The highest BCUT2D eigenvalue weighted by Gasteiger charge is 2.33. The molecule has 2 aromatic rings. The SMILES string of the molecule is COc1ccccc1Nc1ccc(N)cc1C(F)(F)F. The number of nitrogens with two attached hydrogens (primary N) is 1. The largest absolute Gasteiger partial charge is 0.495 e. The van der Waals surface area contributed by atoms with Crippen molar-refractivity contribution >= 4 is 17.1 Å². The van der Waals surface area contributed by atoms with Gasteiger partial charge in [-0.15, -0.1) is 0 Å². The molecule has 6 heteroatoms. The van der Waals surface area contributed by atoms with Crippen molar-refractivity contribution in [2.45, 2.75) is 6.18 Å². The van der Waals surface area contributed by atoms with E-state index in [1.54, 1.807) is 24.3 Å². The average molecular weight is 282 g/mol. The zero-order valence-electron chi connectivity index (χ0n) is 10.7. The summed E-state index contributed by atoms with van der Waals surface area (Å²) in [5, 5.41) is 2.73. The average Bonchev–Trinajstić information content (AvgIpc) is 2.40. The molecule has 3 N–H and O–H groups in total. The van der Waals surface area contributed by atoms with Gasteiger partial charge in [-0.1, -0.05) is 12.1 Å². The van der Waals surface area contributed by atoms with Crippen LogP contribution in [0.4, 0.5) is 30.2 Å². The van der Waals surface area contributed by atoms with Crippen LogP contribution >= 0.6 is 0 Å². The minimum absolute atomic E-state index is 0.0582. The second kappa shape index (κ2) is 5.32. The van der Waals surface area contributed by atoms with E-state index in [-0.39, 0.29) is 11.4 Å². The first-order valence-electron chi connectivity index (χ1n) is 5.78. The lowest BCUT2D eigenvalue weighted by Gasteiger charge is -2.16. The number of ether oxygens (including phenoxy) is 1. The van der Waals surface area contributed by atoms with Crippen LogP contribution in [0.2, 0.25) is 0 Å². The molecule has 0 bridgehead atoms. The zero-order valence-corrected chi connectivity index (χ0v) is 10.7. The maximum absolute atomic E-state index is 13.0. The number of nitrogens with one attached hydrogen (secondary N) is 1. The van der Waals surface area contributed by atoms with Crippen molar-refractivity contribution in [3.63, 3.8) is 0 Å². The van der Waals surface area contributed by atoms with Crippen LogP contribution < -0.4 is 15.8 Å². The van der Waals surface area contributed by atoms with Crippen molar-refractivity contribution in [2.75, 3.05) is 18.2 Å². The Morgan fingerprint density at radius 2 is 1.75 bits per heavy atom. The fourth-order valence-corrected chi connectivity index (χ4v) is 1.80. The summed E-state index contributed by atoms with van der Waals surface area (Å²) in [5.74, 6) is 0.456. The van der Waals surface area contributed by atoms with E-state index < -0.39 is 11.7 Å². The van der Waals surface area contributed by atoms with Crippen LogP contribution in [0.3, 0.4) is 0 Å². The molecule has 0 atom stereocenters. The van der Waals surface area contributed by atoms with Crippen molar-refractivity contribution in [1.82, 2.24) is 0 Å². The third-order valence-electron chi connectivity index (χ3n) is 2.73. The fourth-order valence-electron chi connectivity index (χ4n) is 1.80. The van der Waals surface area contributed by atoms with Crippen LogP contribution in [0, 0.1) is 0 Å². The lowest BCUT2D eigenvalue weighted by atomic mass is 10.1. The van der Waals surface area contributed by atoms with Gasteiger partial charge in [0.2, 0.25) is 0 Å². The Bertz CT molecular complexity index is 612. The van der Waals surface area contributed by atoms with Gasteiger partial charge in [0, 0.05) is 5.69 Å². The molecule has 0 saturated heterocycles. The predicted molar refractivity (Wildman–Crippen MR) is 72.1 cm³/mol. The Balaban J connectivity index is 2.44. The summed E-state index contributed by atoms with van der Waals surface area (Å²) in [7, 11) is 1.45. The van der Waals surface area contributed by atoms with Gasteiger partial charge in [-0.05, 0) is 30.3 Å². The highest BCUT2D eigenvalue weighted by molar-refractivity contribution is 5.70. The van der Waals surface area contributed by atoms with E-state index in [9.17, 15) is 13.2 Å². The minimum atomic E-state index is -4.49. The molecule has 2 aromatic carbocycles. The maximum atomic E-state index is 13.0. The second-order valence-electron chi connectivity index (χ2n) is 4.13. The summed E-state index contributed by atoms with van der Waals surface area (Å²) < 4.78 is 44.1. The Hall–Kier alpha value is -2.37. The Kier molecular flexibility index (Phi) is 3.74. The lowest BCUT2D eigenvalue weighted by molar-refractivity contribution is -0.136. The molecule has 3 nitrogen and oxygen atoms in total. The Labute approximate surface area is 114 Å². The van der Waals surface area contributed by atoms with E-state index >= 15 is 0 Å². The first kappa shape index (κ1) is 14.0. The van der Waals surface area contributed by atoms with Crippen molar-refractivity contribution in [3.8, 4) is 5.75 Å². The van der Waals surface area contributed by atoms with Gasteiger partial charge in [-0.25, -0.2) is 0 Å². The summed E-state index contributed by atoms with van der Waals surface area (Å²) in [6.45, 7) is 0. The quantitative estimate of drug-likeness (QED) is 0.835. The standard InChI is InChI=1S/C14H13F3N2O/c1-20-13-5-3-2-4-12(13)19-11-7-6-9(18)8-10(11)14(15,16)17/h2-8,19H,18H2,1H3. The van der Waals surface area contributed by atoms with Crippen LogP contribution in [0.25, 0.3) is 0 Å². The molecule has 20 heavy (non-hydrogen) atoms. The van der Waals surface area contributed by atoms with Gasteiger partial charge < -0.3 is 15.8 Å². The zero-order chi connectivity index (χ0) is 14.8. The van der Waals surface area contributed by atoms with Gasteiger partial charge in [0.1, 0.15) is 5.75 Å². The van der Waals surface area contributed by atoms with E-state index in [0.717, 1.165) is 6.07 Å². The van der Waals surface area contributed by atoms with Crippen LogP contribution in [-0.4, -0.2) is 7.11 Å². The number of methoxy groups -OCH3 is 1. The summed E-state index contributed by atoms with van der Waals surface area (Å²) in [5.41, 5.74) is 5.04. The van der Waals surface area contributed by atoms with Crippen LogP contribution in [0.15, 0.2) is 42.5 Å². The summed E-state index contributed by atoms with van der Waals surface area (Å²) in [6, 6.07) is 10.3. The molecule has 0 unspecified atom stereocenters. The first-order valence-corrected chi connectivity index (χ1v) is 5.78. The Morgan fingerprint density at radius 1 is 1.05 bits per heavy atom. The fraction of sp³-hybridized carbons (Fsp3) is 0.143. The number of benzene rings is 2. The van der Waals surface area contributed by atoms with Gasteiger partial charge in [-0.3, -0.25) is 0 Å². The molecule has 0 spiro atoms. The maximum Gasteiger partial charge on any atom is 0.418 e.